The van der Waals surface area contributed by atoms with Crippen molar-refractivity contribution in [3.05, 3.63) is 35.9 Å². The van der Waals surface area contributed by atoms with Gasteiger partial charge in [0.1, 0.15) is 6.79 Å². The topological polar surface area (TPSA) is 58.9 Å². The molecule has 1 aromatic rings. The molecule has 0 aromatic heterocycles. The Bertz CT molecular complexity index is 289. The van der Waals surface area contributed by atoms with Crippen molar-refractivity contribution >= 4 is 0 Å². The number of ether oxygens (including phenoxy) is 2. The molecule has 17 heavy (non-hydrogen) atoms. The van der Waals surface area contributed by atoms with Gasteiger partial charge in [0.25, 0.3) is 0 Å². The van der Waals surface area contributed by atoms with E-state index >= 15 is 0 Å². The summed E-state index contributed by atoms with van der Waals surface area (Å²) in [5.74, 6) is 0. The Labute approximate surface area is 102 Å². The molecule has 0 bridgehead atoms. The summed E-state index contributed by atoms with van der Waals surface area (Å²) in [4.78, 5) is 0. The molecule has 4 heteroatoms. The first kappa shape index (κ1) is 14.1. The van der Waals surface area contributed by atoms with Crippen LogP contribution < -0.4 is 0 Å². The summed E-state index contributed by atoms with van der Waals surface area (Å²) in [6.07, 6.45) is 0.0351. The molecule has 1 rings (SSSR count). The minimum absolute atomic E-state index is 0.0209. The van der Waals surface area contributed by atoms with Crippen LogP contribution in [0.1, 0.15) is 24.5 Å². The number of rotatable bonds is 8. The van der Waals surface area contributed by atoms with Crippen LogP contribution in [0.2, 0.25) is 0 Å². The molecule has 0 saturated carbocycles. The van der Waals surface area contributed by atoms with Crippen LogP contribution in [0.15, 0.2) is 30.3 Å². The minimum atomic E-state index is -0.568. The van der Waals surface area contributed by atoms with Gasteiger partial charge in [0.15, 0.2) is 0 Å². The molecule has 0 unspecified atom stereocenters. The van der Waals surface area contributed by atoms with Crippen molar-refractivity contribution in [2.24, 2.45) is 0 Å². The van der Waals surface area contributed by atoms with Gasteiger partial charge in [0.2, 0.25) is 0 Å². The minimum Gasteiger partial charge on any atom is -0.396 e. The van der Waals surface area contributed by atoms with Gasteiger partial charge in [-0.15, -0.1) is 0 Å². The number of hydrogen-bond donors (Lipinski definition) is 2. The van der Waals surface area contributed by atoms with E-state index in [-0.39, 0.29) is 19.5 Å². The fourth-order valence-corrected chi connectivity index (χ4v) is 1.63. The van der Waals surface area contributed by atoms with E-state index in [1.54, 1.807) is 7.11 Å². The van der Waals surface area contributed by atoms with Gasteiger partial charge in [0, 0.05) is 20.1 Å². The second-order valence-electron chi connectivity index (χ2n) is 3.87. The number of aliphatic hydroxyl groups excluding tert-OH is 2. The first-order chi connectivity index (χ1) is 8.27. The van der Waals surface area contributed by atoms with Crippen molar-refractivity contribution in [3.63, 3.8) is 0 Å². The third-order valence-electron chi connectivity index (χ3n) is 2.51. The summed E-state index contributed by atoms with van der Waals surface area (Å²) in [6, 6.07) is 9.69. The summed E-state index contributed by atoms with van der Waals surface area (Å²) in [5.41, 5.74) is 1.00. The molecule has 1 aromatic carbocycles. The van der Waals surface area contributed by atoms with Crippen LogP contribution in [0.3, 0.4) is 0 Å². The fourth-order valence-electron chi connectivity index (χ4n) is 1.63. The lowest BCUT2D eigenvalue weighted by atomic mass is 10.0. The Morgan fingerprint density at radius 1 is 1.24 bits per heavy atom. The summed E-state index contributed by atoms with van der Waals surface area (Å²) in [6.45, 7) is 0.165. The second kappa shape index (κ2) is 8.20. The molecule has 0 spiro atoms. The van der Waals surface area contributed by atoms with E-state index in [2.05, 4.69) is 0 Å². The molecule has 0 radical (unpaired) electrons. The predicted octanol–water partition coefficient (Wildman–Crippen LogP) is 1.48. The van der Waals surface area contributed by atoms with Crippen LogP contribution >= 0.6 is 0 Å². The Kier molecular flexibility index (Phi) is 6.81. The maximum atomic E-state index is 9.70. The number of aliphatic hydroxyl groups is 2. The van der Waals surface area contributed by atoms with Gasteiger partial charge in [-0.1, -0.05) is 30.3 Å². The quantitative estimate of drug-likeness (QED) is 0.676. The smallest absolute Gasteiger partial charge is 0.147 e. The van der Waals surface area contributed by atoms with Gasteiger partial charge >= 0.3 is 0 Å². The van der Waals surface area contributed by atoms with Crippen molar-refractivity contribution < 1.29 is 19.7 Å². The lowest BCUT2D eigenvalue weighted by molar-refractivity contribution is -0.0873. The first-order valence-electron chi connectivity index (χ1n) is 5.72. The molecule has 0 fully saturated rings. The highest BCUT2D eigenvalue weighted by Crippen LogP contribution is 2.23. The van der Waals surface area contributed by atoms with E-state index in [4.69, 9.17) is 14.6 Å². The SMILES string of the molecule is COCO[C@H](C[C@@H](O)CCO)c1ccccc1. The molecule has 0 aliphatic rings. The van der Waals surface area contributed by atoms with E-state index in [0.717, 1.165) is 5.56 Å². The lowest BCUT2D eigenvalue weighted by Crippen LogP contribution is -2.17. The van der Waals surface area contributed by atoms with Gasteiger partial charge in [-0.05, 0) is 12.0 Å². The highest BCUT2D eigenvalue weighted by atomic mass is 16.7. The molecule has 0 amide bonds. The molecule has 4 nitrogen and oxygen atoms in total. The molecule has 96 valence electrons. The van der Waals surface area contributed by atoms with Crippen LogP contribution in [0.5, 0.6) is 0 Å². The third kappa shape index (κ3) is 5.28. The molecular weight excluding hydrogens is 220 g/mol. The predicted molar refractivity (Wildman–Crippen MR) is 64.5 cm³/mol. The van der Waals surface area contributed by atoms with E-state index in [0.29, 0.717) is 12.8 Å². The largest absolute Gasteiger partial charge is 0.396 e. The summed E-state index contributed by atoms with van der Waals surface area (Å²) in [5, 5.41) is 18.5. The van der Waals surface area contributed by atoms with Crippen molar-refractivity contribution in [2.75, 3.05) is 20.5 Å². The summed E-state index contributed by atoms with van der Waals surface area (Å²) >= 11 is 0. The standard InChI is InChI=1S/C13H20O4/c1-16-10-17-13(9-12(15)7-8-14)11-5-3-2-4-6-11/h2-6,12-15H,7-10H2,1H3/t12-,13+/m0/s1. The zero-order valence-corrected chi connectivity index (χ0v) is 10.1. The highest BCUT2D eigenvalue weighted by molar-refractivity contribution is 5.17. The summed E-state index contributed by atoms with van der Waals surface area (Å²) in [7, 11) is 1.56. The van der Waals surface area contributed by atoms with Gasteiger partial charge in [-0.2, -0.15) is 0 Å². The maximum absolute atomic E-state index is 9.70. The van der Waals surface area contributed by atoms with Crippen LogP contribution in [0.25, 0.3) is 0 Å². The van der Waals surface area contributed by atoms with E-state index in [9.17, 15) is 5.11 Å². The van der Waals surface area contributed by atoms with Crippen LogP contribution in [0, 0.1) is 0 Å². The molecule has 0 aliphatic heterocycles. The molecule has 0 saturated heterocycles. The van der Waals surface area contributed by atoms with Crippen molar-refractivity contribution in [1.82, 2.24) is 0 Å². The Morgan fingerprint density at radius 3 is 2.53 bits per heavy atom. The average Bonchev–Trinajstić information content (AvgIpc) is 2.36. The lowest BCUT2D eigenvalue weighted by Gasteiger charge is -2.20. The Morgan fingerprint density at radius 2 is 1.94 bits per heavy atom. The monoisotopic (exact) mass is 240 g/mol. The Hall–Kier alpha value is -0.940. The molecular formula is C13H20O4. The van der Waals surface area contributed by atoms with Gasteiger partial charge in [-0.3, -0.25) is 0 Å². The van der Waals surface area contributed by atoms with Crippen molar-refractivity contribution in [3.8, 4) is 0 Å². The first-order valence-corrected chi connectivity index (χ1v) is 5.72. The van der Waals surface area contributed by atoms with Crippen LogP contribution in [-0.4, -0.2) is 36.8 Å². The van der Waals surface area contributed by atoms with Crippen molar-refractivity contribution in [2.45, 2.75) is 25.0 Å². The van der Waals surface area contributed by atoms with Gasteiger partial charge < -0.3 is 19.7 Å². The second-order valence-corrected chi connectivity index (χ2v) is 3.87. The van der Waals surface area contributed by atoms with E-state index < -0.39 is 6.10 Å². The van der Waals surface area contributed by atoms with Crippen molar-refractivity contribution in [1.29, 1.82) is 0 Å². The number of benzene rings is 1. The van der Waals surface area contributed by atoms with Crippen LogP contribution in [-0.2, 0) is 9.47 Å². The van der Waals surface area contributed by atoms with Crippen LogP contribution in [0.4, 0.5) is 0 Å². The average molecular weight is 240 g/mol. The fraction of sp³-hybridized carbons (Fsp3) is 0.538. The molecule has 2 atom stereocenters. The zero-order valence-electron chi connectivity index (χ0n) is 10.1. The Balaban J connectivity index is 2.60. The van der Waals surface area contributed by atoms with Gasteiger partial charge in [0.05, 0.1) is 12.2 Å². The normalized spacial score (nSPS) is 14.5. The maximum Gasteiger partial charge on any atom is 0.147 e. The van der Waals surface area contributed by atoms with Gasteiger partial charge in [-0.25, -0.2) is 0 Å². The van der Waals surface area contributed by atoms with E-state index in [1.165, 1.54) is 0 Å². The molecule has 0 aliphatic carbocycles. The van der Waals surface area contributed by atoms with E-state index in [1.807, 2.05) is 30.3 Å². The molecule has 2 N–H and O–H groups in total. The summed E-state index contributed by atoms with van der Waals surface area (Å²) < 4.78 is 10.4. The third-order valence-corrected chi connectivity index (χ3v) is 2.51. The number of hydrogen-bond acceptors (Lipinski definition) is 4. The number of methoxy groups -OCH3 is 1. The zero-order chi connectivity index (χ0) is 12.5. The molecule has 0 heterocycles. The highest BCUT2D eigenvalue weighted by Gasteiger charge is 2.16.